The number of nitrogens with zero attached hydrogens (tertiary/aromatic N) is 2. The summed E-state index contributed by atoms with van der Waals surface area (Å²) >= 11 is 1.25. The summed E-state index contributed by atoms with van der Waals surface area (Å²) in [6.07, 6.45) is 1.83. The predicted octanol–water partition coefficient (Wildman–Crippen LogP) is 3.47. The summed E-state index contributed by atoms with van der Waals surface area (Å²) in [6.45, 7) is 7.26. The van der Waals surface area contributed by atoms with E-state index in [0.717, 1.165) is 5.56 Å². The standard InChI is InChI=1S/C28H28N2O6S/c1-15(2)19-9-7-18(8-10-19)13-23-26(32)30-25(24(27(33)35-6)16(3)29-28(30)37-23)20-11-12-21(36-17(4)31)22(14-20)34-5/h7-15,25H,1-6H3/b23-13+/t25-/m0/s1. The van der Waals surface area contributed by atoms with Crippen molar-refractivity contribution in [2.75, 3.05) is 14.2 Å². The van der Waals surface area contributed by atoms with Gasteiger partial charge in [0, 0.05) is 6.92 Å². The van der Waals surface area contributed by atoms with Crippen molar-refractivity contribution in [2.24, 2.45) is 4.99 Å². The van der Waals surface area contributed by atoms with Crippen molar-refractivity contribution in [1.29, 1.82) is 0 Å². The Morgan fingerprint density at radius 2 is 1.78 bits per heavy atom. The van der Waals surface area contributed by atoms with Gasteiger partial charge in [-0.15, -0.1) is 0 Å². The van der Waals surface area contributed by atoms with Gasteiger partial charge in [0.15, 0.2) is 16.3 Å². The molecule has 1 aliphatic rings. The summed E-state index contributed by atoms with van der Waals surface area (Å²) in [7, 11) is 2.74. The molecule has 0 fully saturated rings. The number of esters is 2. The van der Waals surface area contributed by atoms with Gasteiger partial charge in [-0.1, -0.05) is 55.5 Å². The fourth-order valence-corrected chi connectivity index (χ4v) is 5.28. The summed E-state index contributed by atoms with van der Waals surface area (Å²) in [6, 6.07) is 12.2. The molecule has 2 aromatic carbocycles. The van der Waals surface area contributed by atoms with Crippen LogP contribution in [0.3, 0.4) is 0 Å². The molecule has 1 aliphatic heterocycles. The molecule has 0 saturated heterocycles. The van der Waals surface area contributed by atoms with Crippen LogP contribution in [0.25, 0.3) is 6.08 Å². The summed E-state index contributed by atoms with van der Waals surface area (Å²) in [5.41, 5.74) is 3.10. The minimum absolute atomic E-state index is 0.233. The zero-order valence-electron chi connectivity index (χ0n) is 21.5. The average molecular weight is 521 g/mol. The molecule has 1 aromatic heterocycles. The molecule has 192 valence electrons. The van der Waals surface area contributed by atoms with Crippen molar-refractivity contribution in [3.05, 3.63) is 90.1 Å². The van der Waals surface area contributed by atoms with Crippen LogP contribution in [0.2, 0.25) is 0 Å². The molecule has 0 bridgehead atoms. The van der Waals surface area contributed by atoms with E-state index in [4.69, 9.17) is 14.2 Å². The Bertz CT molecular complexity index is 1580. The van der Waals surface area contributed by atoms with Gasteiger partial charge in [-0.3, -0.25) is 14.2 Å². The SMILES string of the molecule is COC(=O)C1=C(C)N=c2s/c(=C/c3ccc(C(C)C)cc3)c(=O)n2[C@H]1c1ccc(OC(C)=O)c(OC)c1. The number of rotatable bonds is 6. The molecule has 37 heavy (non-hydrogen) atoms. The van der Waals surface area contributed by atoms with Crippen molar-refractivity contribution in [1.82, 2.24) is 4.57 Å². The Kier molecular flexibility index (Phi) is 7.45. The van der Waals surface area contributed by atoms with E-state index < -0.39 is 18.0 Å². The molecule has 0 spiro atoms. The lowest BCUT2D eigenvalue weighted by atomic mass is 9.95. The number of hydrogen-bond donors (Lipinski definition) is 0. The molecule has 9 heteroatoms. The smallest absolute Gasteiger partial charge is 0.338 e. The second kappa shape index (κ2) is 10.6. The van der Waals surface area contributed by atoms with E-state index in [-0.39, 0.29) is 16.9 Å². The molecular formula is C28H28N2O6S. The minimum Gasteiger partial charge on any atom is -0.493 e. The maximum atomic E-state index is 13.7. The van der Waals surface area contributed by atoms with Gasteiger partial charge in [0.1, 0.15) is 0 Å². The number of hydrogen-bond acceptors (Lipinski definition) is 8. The molecule has 0 amide bonds. The largest absolute Gasteiger partial charge is 0.493 e. The number of allylic oxidation sites excluding steroid dienone is 1. The normalized spacial score (nSPS) is 15.3. The molecule has 3 aromatic rings. The van der Waals surface area contributed by atoms with Gasteiger partial charge >= 0.3 is 11.9 Å². The van der Waals surface area contributed by atoms with Gasteiger partial charge in [-0.25, -0.2) is 9.79 Å². The Labute approximate surface area is 218 Å². The number of thiazole rings is 1. The number of aromatic nitrogens is 1. The molecule has 8 nitrogen and oxygen atoms in total. The maximum Gasteiger partial charge on any atom is 0.338 e. The van der Waals surface area contributed by atoms with Crippen molar-refractivity contribution in [3.63, 3.8) is 0 Å². The minimum atomic E-state index is -0.811. The molecule has 0 radical (unpaired) electrons. The molecule has 1 atom stereocenters. The summed E-state index contributed by atoms with van der Waals surface area (Å²) in [5.74, 6) is -0.155. The number of methoxy groups -OCH3 is 2. The first kappa shape index (κ1) is 26.1. The van der Waals surface area contributed by atoms with Crippen molar-refractivity contribution in [2.45, 2.75) is 39.7 Å². The lowest BCUT2D eigenvalue weighted by Gasteiger charge is -2.25. The first-order chi connectivity index (χ1) is 17.6. The Hall–Kier alpha value is -3.98. The number of carbonyl (C=O) groups is 2. The zero-order valence-corrected chi connectivity index (χ0v) is 22.3. The number of fused-ring (bicyclic) bond motifs is 1. The van der Waals surface area contributed by atoms with Crippen LogP contribution in [0.5, 0.6) is 11.5 Å². The fraction of sp³-hybridized carbons (Fsp3) is 0.286. The third-order valence-electron chi connectivity index (χ3n) is 6.08. The van der Waals surface area contributed by atoms with Crippen LogP contribution < -0.4 is 24.4 Å². The van der Waals surface area contributed by atoms with Crippen LogP contribution in [0, 0.1) is 0 Å². The van der Waals surface area contributed by atoms with E-state index in [1.54, 1.807) is 25.1 Å². The Morgan fingerprint density at radius 1 is 1.08 bits per heavy atom. The Morgan fingerprint density at radius 3 is 2.38 bits per heavy atom. The lowest BCUT2D eigenvalue weighted by Crippen LogP contribution is -2.39. The fourth-order valence-electron chi connectivity index (χ4n) is 4.23. The lowest BCUT2D eigenvalue weighted by molar-refractivity contribution is -0.136. The van der Waals surface area contributed by atoms with Crippen LogP contribution in [0.1, 0.15) is 56.3 Å². The third-order valence-corrected chi connectivity index (χ3v) is 7.07. The van der Waals surface area contributed by atoms with Gasteiger partial charge in [0.2, 0.25) is 0 Å². The zero-order chi connectivity index (χ0) is 26.9. The maximum absolute atomic E-state index is 13.7. The van der Waals surface area contributed by atoms with Gasteiger partial charge in [0.25, 0.3) is 5.56 Å². The highest BCUT2D eigenvalue weighted by Crippen LogP contribution is 2.36. The number of ether oxygens (including phenoxy) is 3. The van der Waals surface area contributed by atoms with Crippen LogP contribution in [-0.4, -0.2) is 30.7 Å². The monoisotopic (exact) mass is 520 g/mol. The average Bonchev–Trinajstić information content (AvgIpc) is 3.17. The van der Waals surface area contributed by atoms with E-state index in [9.17, 15) is 14.4 Å². The molecule has 0 saturated carbocycles. The second-order valence-corrected chi connectivity index (χ2v) is 9.91. The highest BCUT2D eigenvalue weighted by Gasteiger charge is 2.33. The van der Waals surface area contributed by atoms with Gasteiger partial charge < -0.3 is 14.2 Å². The van der Waals surface area contributed by atoms with Crippen LogP contribution in [0.4, 0.5) is 0 Å². The van der Waals surface area contributed by atoms with E-state index >= 15 is 0 Å². The Balaban J connectivity index is 1.91. The molecular weight excluding hydrogens is 492 g/mol. The number of benzene rings is 2. The summed E-state index contributed by atoms with van der Waals surface area (Å²) in [5, 5.41) is 0. The second-order valence-electron chi connectivity index (χ2n) is 8.90. The van der Waals surface area contributed by atoms with Gasteiger partial charge in [-0.2, -0.15) is 0 Å². The van der Waals surface area contributed by atoms with Crippen LogP contribution in [-0.2, 0) is 14.3 Å². The molecule has 4 rings (SSSR count). The van der Waals surface area contributed by atoms with Crippen molar-refractivity contribution in [3.8, 4) is 11.5 Å². The van der Waals surface area contributed by atoms with Crippen LogP contribution in [0.15, 0.2) is 63.5 Å². The number of carbonyl (C=O) groups excluding carboxylic acids is 2. The van der Waals surface area contributed by atoms with E-state index in [2.05, 4.69) is 18.8 Å². The third kappa shape index (κ3) is 5.13. The van der Waals surface area contributed by atoms with Gasteiger partial charge in [0.05, 0.1) is 36.1 Å². The molecule has 2 heterocycles. The first-order valence-corrected chi connectivity index (χ1v) is 12.5. The molecule has 0 N–H and O–H groups in total. The predicted molar refractivity (Wildman–Crippen MR) is 141 cm³/mol. The van der Waals surface area contributed by atoms with E-state index in [1.165, 1.54) is 42.6 Å². The highest BCUT2D eigenvalue weighted by atomic mass is 32.1. The quantitative estimate of drug-likeness (QED) is 0.365. The van der Waals surface area contributed by atoms with E-state index in [1.807, 2.05) is 30.3 Å². The van der Waals surface area contributed by atoms with Gasteiger partial charge in [-0.05, 0) is 47.7 Å². The van der Waals surface area contributed by atoms with Crippen molar-refractivity contribution >= 4 is 29.4 Å². The molecule has 0 aliphatic carbocycles. The topological polar surface area (TPSA) is 96.2 Å². The van der Waals surface area contributed by atoms with Crippen molar-refractivity contribution < 1.29 is 23.8 Å². The van der Waals surface area contributed by atoms with Crippen LogP contribution >= 0.6 is 11.3 Å². The summed E-state index contributed by atoms with van der Waals surface area (Å²) < 4.78 is 17.7. The first-order valence-electron chi connectivity index (χ1n) is 11.7. The highest BCUT2D eigenvalue weighted by molar-refractivity contribution is 7.07. The summed E-state index contributed by atoms with van der Waals surface area (Å²) in [4.78, 5) is 43.1. The van der Waals surface area contributed by atoms with E-state index in [0.29, 0.717) is 32.3 Å². The molecule has 0 unspecified atom stereocenters.